The largest absolute Gasteiger partial charge is 0.493 e. The summed E-state index contributed by atoms with van der Waals surface area (Å²) in [6, 6.07) is 15.3. The van der Waals surface area contributed by atoms with Crippen molar-refractivity contribution in [2.45, 2.75) is 70.1 Å². The van der Waals surface area contributed by atoms with E-state index in [1.807, 2.05) is 38.1 Å². The number of alkyl halides is 3. The van der Waals surface area contributed by atoms with Crippen molar-refractivity contribution in [3.63, 3.8) is 0 Å². The maximum absolute atomic E-state index is 13.5. The first-order chi connectivity index (χ1) is 18.9. The highest BCUT2D eigenvalue weighted by atomic mass is 32.2. The molecule has 0 fully saturated rings. The molecule has 3 rings (SSSR count). The Bertz CT molecular complexity index is 1410. The van der Waals surface area contributed by atoms with Gasteiger partial charge in [-0.15, -0.1) is 0 Å². The van der Waals surface area contributed by atoms with E-state index in [9.17, 15) is 26.4 Å². The third-order valence-electron chi connectivity index (χ3n) is 6.63. The summed E-state index contributed by atoms with van der Waals surface area (Å²) in [5.41, 5.74) is 1.15. The van der Waals surface area contributed by atoms with Crippen LogP contribution in [0.3, 0.4) is 0 Å². The number of carbonyl (C=O) groups excluding carboxylic acids is 1. The van der Waals surface area contributed by atoms with E-state index in [1.54, 1.807) is 11.0 Å². The monoisotopic (exact) mass is 577 g/mol. The lowest BCUT2D eigenvalue weighted by Gasteiger charge is -2.29. The molecule has 0 aliphatic rings. The molecular weight excluding hydrogens is 543 g/mol. The van der Waals surface area contributed by atoms with Crippen molar-refractivity contribution in [1.29, 1.82) is 0 Å². The van der Waals surface area contributed by atoms with Gasteiger partial charge in [0, 0.05) is 18.2 Å². The Balaban J connectivity index is 1.89. The number of hydrogen-bond acceptors (Lipinski definition) is 5. The number of unbranched alkanes of at least 4 members (excludes halogenated alkanes) is 1. The summed E-state index contributed by atoms with van der Waals surface area (Å²) in [6.45, 7) is 6.16. The van der Waals surface area contributed by atoms with Crippen molar-refractivity contribution in [3.8, 4) is 11.5 Å². The fourth-order valence-corrected chi connectivity index (χ4v) is 5.06. The third-order valence-corrected chi connectivity index (χ3v) is 7.86. The van der Waals surface area contributed by atoms with Crippen LogP contribution in [0, 0.1) is 0 Å². The zero-order valence-corrected chi connectivity index (χ0v) is 23.8. The normalized spacial score (nSPS) is 12.6. The number of carbonyl (C=O) groups is 1. The molecule has 1 atom stereocenters. The van der Waals surface area contributed by atoms with E-state index in [1.165, 1.54) is 19.2 Å². The first kappa shape index (κ1) is 31.0. The number of rotatable bonds is 12. The highest BCUT2D eigenvalue weighted by Crippen LogP contribution is 2.34. The topological polar surface area (TPSA) is 72.9 Å². The zero-order valence-electron chi connectivity index (χ0n) is 23.0. The molecule has 0 aliphatic carbocycles. The highest BCUT2D eigenvalue weighted by molar-refractivity contribution is 7.87. The Morgan fingerprint density at radius 2 is 1.62 bits per heavy atom. The quantitative estimate of drug-likeness (QED) is 0.212. The van der Waals surface area contributed by atoms with E-state index < -0.39 is 26.8 Å². The number of halogens is 3. The lowest BCUT2D eigenvalue weighted by molar-refractivity contribution is -0.137. The van der Waals surface area contributed by atoms with Gasteiger partial charge in [0.15, 0.2) is 11.5 Å². The van der Waals surface area contributed by atoms with Gasteiger partial charge in [-0.3, -0.25) is 4.79 Å². The number of hydrogen-bond donors (Lipinski definition) is 0. The van der Waals surface area contributed by atoms with Crippen LogP contribution in [-0.4, -0.2) is 32.4 Å². The maximum atomic E-state index is 13.5. The second-order valence-corrected chi connectivity index (χ2v) is 11.1. The molecule has 0 spiro atoms. The van der Waals surface area contributed by atoms with E-state index in [0.29, 0.717) is 23.6 Å². The summed E-state index contributed by atoms with van der Waals surface area (Å²) in [5, 5.41) is 0. The Morgan fingerprint density at radius 1 is 0.950 bits per heavy atom. The Morgan fingerprint density at radius 3 is 2.23 bits per heavy atom. The number of methoxy groups -OCH3 is 1. The number of amides is 1. The van der Waals surface area contributed by atoms with E-state index >= 15 is 0 Å². The minimum atomic E-state index is -4.72. The first-order valence-electron chi connectivity index (χ1n) is 13.1. The minimum Gasteiger partial charge on any atom is -0.493 e. The van der Waals surface area contributed by atoms with Gasteiger partial charge >= 0.3 is 16.3 Å². The summed E-state index contributed by atoms with van der Waals surface area (Å²) >= 11 is 0. The number of nitrogens with zero attached hydrogens (tertiary/aromatic N) is 1. The van der Waals surface area contributed by atoms with Crippen molar-refractivity contribution < 1.29 is 35.3 Å². The van der Waals surface area contributed by atoms with Crippen LogP contribution in [0.5, 0.6) is 11.5 Å². The molecule has 216 valence electrons. The van der Waals surface area contributed by atoms with Crippen LogP contribution >= 0.6 is 0 Å². The van der Waals surface area contributed by atoms with Crippen molar-refractivity contribution in [2.75, 3.05) is 7.11 Å². The molecule has 0 saturated carbocycles. The van der Waals surface area contributed by atoms with Crippen LogP contribution in [0.25, 0.3) is 0 Å². The van der Waals surface area contributed by atoms with E-state index in [4.69, 9.17) is 8.92 Å². The molecule has 10 heteroatoms. The van der Waals surface area contributed by atoms with Crippen LogP contribution in [0.1, 0.15) is 67.1 Å². The average molecular weight is 578 g/mol. The Hall–Kier alpha value is -3.53. The minimum absolute atomic E-state index is 0.0726. The number of benzene rings is 3. The van der Waals surface area contributed by atoms with Gasteiger partial charge in [0.1, 0.15) is 4.90 Å². The second kappa shape index (κ2) is 13.2. The van der Waals surface area contributed by atoms with Gasteiger partial charge in [0.25, 0.3) is 5.91 Å². The standard InChI is InChI=1S/C30H34F3NO5S/c1-5-7-9-22-12-15-24(16-13-22)29(35)34(21(3)6-2)20-23-14-17-27(38-4)28(18-23)39-40(36,37)26-11-8-10-25(19-26)30(31,32)33/h8,10-19,21H,5-7,9,20H2,1-4H3. The van der Waals surface area contributed by atoms with Crippen molar-refractivity contribution in [3.05, 3.63) is 89.0 Å². The van der Waals surface area contributed by atoms with Crippen LogP contribution in [0.15, 0.2) is 71.6 Å². The highest BCUT2D eigenvalue weighted by Gasteiger charge is 2.32. The summed E-state index contributed by atoms with van der Waals surface area (Å²) in [7, 11) is -3.31. The lowest BCUT2D eigenvalue weighted by Crippen LogP contribution is -2.37. The maximum Gasteiger partial charge on any atom is 0.416 e. The second-order valence-electron chi connectivity index (χ2n) is 9.54. The molecule has 0 saturated heterocycles. The van der Waals surface area contributed by atoms with Crippen molar-refractivity contribution >= 4 is 16.0 Å². The van der Waals surface area contributed by atoms with Gasteiger partial charge in [-0.25, -0.2) is 0 Å². The molecule has 0 N–H and O–H groups in total. The molecule has 6 nitrogen and oxygen atoms in total. The Kier molecular flexibility index (Phi) is 10.2. The smallest absolute Gasteiger partial charge is 0.416 e. The molecular formula is C30H34F3NO5S. The van der Waals surface area contributed by atoms with Gasteiger partial charge in [-0.05, 0) is 79.8 Å². The predicted octanol–water partition coefficient (Wildman–Crippen LogP) is 7.27. The number of aryl methyl sites for hydroxylation is 1. The van der Waals surface area contributed by atoms with Gasteiger partial charge in [-0.2, -0.15) is 21.6 Å². The van der Waals surface area contributed by atoms with Gasteiger partial charge in [-0.1, -0.05) is 44.5 Å². The van der Waals surface area contributed by atoms with E-state index in [0.717, 1.165) is 43.0 Å². The summed E-state index contributed by atoms with van der Waals surface area (Å²) in [4.78, 5) is 14.5. The number of ether oxygens (including phenoxy) is 1. The van der Waals surface area contributed by atoms with Crippen LogP contribution in [0.4, 0.5) is 13.2 Å². The Labute approximate surface area is 233 Å². The molecule has 0 aliphatic heterocycles. The van der Waals surface area contributed by atoms with Gasteiger partial charge in [0.05, 0.1) is 12.7 Å². The van der Waals surface area contributed by atoms with Crippen molar-refractivity contribution in [1.82, 2.24) is 4.90 Å². The van der Waals surface area contributed by atoms with Gasteiger partial charge < -0.3 is 13.8 Å². The van der Waals surface area contributed by atoms with E-state index in [-0.39, 0.29) is 30.0 Å². The van der Waals surface area contributed by atoms with Crippen molar-refractivity contribution in [2.24, 2.45) is 0 Å². The molecule has 3 aromatic carbocycles. The average Bonchev–Trinajstić information content (AvgIpc) is 2.94. The molecule has 0 heterocycles. The summed E-state index contributed by atoms with van der Waals surface area (Å²) in [6.07, 6.45) is -0.943. The third kappa shape index (κ3) is 7.78. The summed E-state index contributed by atoms with van der Waals surface area (Å²) < 4.78 is 75.7. The van der Waals surface area contributed by atoms with Crippen LogP contribution in [-0.2, 0) is 29.3 Å². The van der Waals surface area contributed by atoms with Crippen LogP contribution in [0.2, 0.25) is 0 Å². The van der Waals surface area contributed by atoms with E-state index in [2.05, 4.69) is 6.92 Å². The predicted molar refractivity (Wildman–Crippen MR) is 147 cm³/mol. The fourth-order valence-electron chi connectivity index (χ4n) is 4.08. The lowest BCUT2D eigenvalue weighted by atomic mass is 10.0. The molecule has 40 heavy (non-hydrogen) atoms. The van der Waals surface area contributed by atoms with Gasteiger partial charge in [0.2, 0.25) is 0 Å². The first-order valence-corrected chi connectivity index (χ1v) is 14.5. The molecule has 0 radical (unpaired) electrons. The molecule has 1 amide bonds. The molecule has 0 aromatic heterocycles. The molecule has 0 bridgehead atoms. The fraction of sp³-hybridized carbons (Fsp3) is 0.367. The SMILES string of the molecule is CCCCc1ccc(C(=O)N(Cc2ccc(OC)c(OS(=O)(=O)c3cccc(C(F)(F)F)c3)c2)C(C)CC)cc1. The van der Waals surface area contributed by atoms with Crippen LogP contribution < -0.4 is 8.92 Å². The zero-order chi connectivity index (χ0) is 29.5. The summed E-state index contributed by atoms with van der Waals surface area (Å²) in [5.74, 6) is -0.302. The molecule has 1 unspecified atom stereocenters. The molecule has 3 aromatic rings.